The van der Waals surface area contributed by atoms with Crippen molar-refractivity contribution in [2.75, 3.05) is 7.11 Å². The minimum absolute atomic E-state index is 0.165. The maximum absolute atomic E-state index is 11.6. The zero-order valence-corrected chi connectivity index (χ0v) is 11.5. The number of benzene rings is 1. The number of thiophene rings is 1. The van der Waals surface area contributed by atoms with E-state index in [0.29, 0.717) is 13.1 Å². The van der Waals surface area contributed by atoms with Crippen molar-refractivity contribution in [3.8, 4) is 5.75 Å². The zero-order valence-electron chi connectivity index (χ0n) is 10.7. The summed E-state index contributed by atoms with van der Waals surface area (Å²) >= 11 is 1.62. The Labute approximate surface area is 116 Å². The lowest BCUT2D eigenvalue weighted by Crippen LogP contribution is -2.34. The molecule has 2 rings (SSSR count). The van der Waals surface area contributed by atoms with Crippen molar-refractivity contribution in [1.82, 2.24) is 10.6 Å². The fraction of sp³-hybridized carbons (Fsp3) is 0.214. The molecule has 0 saturated carbocycles. The topological polar surface area (TPSA) is 50.4 Å². The highest BCUT2D eigenvalue weighted by molar-refractivity contribution is 7.07. The Morgan fingerprint density at radius 1 is 1.11 bits per heavy atom. The highest BCUT2D eigenvalue weighted by Gasteiger charge is 2.01. The molecule has 19 heavy (non-hydrogen) atoms. The smallest absolute Gasteiger partial charge is 0.315 e. The third kappa shape index (κ3) is 4.30. The molecule has 1 aromatic heterocycles. The van der Waals surface area contributed by atoms with Crippen molar-refractivity contribution in [3.05, 3.63) is 52.2 Å². The third-order valence-electron chi connectivity index (χ3n) is 2.65. The number of hydrogen-bond donors (Lipinski definition) is 2. The van der Waals surface area contributed by atoms with E-state index in [1.807, 2.05) is 41.1 Å². The fourth-order valence-corrected chi connectivity index (χ4v) is 2.23. The van der Waals surface area contributed by atoms with E-state index >= 15 is 0 Å². The summed E-state index contributed by atoms with van der Waals surface area (Å²) in [5.41, 5.74) is 2.15. The average molecular weight is 276 g/mol. The molecule has 1 aromatic carbocycles. The highest BCUT2D eigenvalue weighted by Crippen LogP contribution is 2.10. The molecular weight excluding hydrogens is 260 g/mol. The molecule has 0 bridgehead atoms. The van der Waals surface area contributed by atoms with Gasteiger partial charge in [-0.15, -0.1) is 0 Å². The molecular formula is C14H16N2O2S. The van der Waals surface area contributed by atoms with Crippen LogP contribution in [0.1, 0.15) is 11.1 Å². The second kappa shape index (κ2) is 6.80. The van der Waals surface area contributed by atoms with E-state index in [4.69, 9.17) is 4.74 Å². The summed E-state index contributed by atoms with van der Waals surface area (Å²) in [5.74, 6) is 0.811. The van der Waals surface area contributed by atoms with Crippen molar-refractivity contribution in [1.29, 1.82) is 0 Å². The molecule has 100 valence electrons. The monoisotopic (exact) mass is 276 g/mol. The first-order valence-electron chi connectivity index (χ1n) is 5.93. The predicted octanol–water partition coefficient (Wildman–Crippen LogP) is 2.76. The van der Waals surface area contributed by atoms with Crippen LogP contribution in [0.5, 0.6) is 5.75 Å². The second-order valence-electron chi connectivity index (χ2n) is 4.02. The molecule has 0 fully saturated rings. The van der Waals surface area contributed by atoms with Gasteiger partial charge in [-0.1, -0.05) is 12.1 Å². The SMILES string of the molecule is COc1ccc(CNC(=O)NCc2ccsc2)cc1. The molecule has 0 aliphatic rings. The number of rotatable bonds is 5. The van der Waals surface area contributed by atoms with E-state index in [2.05, 4.69) is 10.6 Å². The maximum atomic E-state index is 11.6. The van der Waals surface area contributed by atoms with Gasteiger partial charge in [0.2, 0.25) is 0 Å². The van der Waals surface area contributed by atoms with Gasteiger partial charge < -0.3 is 15.4 Å². The van der Waals surface area contributed by atoms with Crippen LogP contribution in [-0.4, -0.2) is 13.1 Å². The first-order valence-corrected chi connectivity index (χ1v) is 6.88. The standard InChI is InChI=1S/C14H16N2O2S/c1-18-13-4-2-11(3-5-13)8-15-14(17)16-9-12-6-7-19-10-12/h2-7,10H,8-9H2,1H3,(H2,15,16,17). The van der Waals surface area contributed by atoms with Crippen LogP contribution in [0.4, 0.5) is 4.79 Å². The van der Waals surface area contributed by atoms with E-state index < -0.39 is 0 Å². The van der Waals surface area contributed by atoms with Crippen molar-refractivity contribution in [2.45, 2.75) is 13.1 Å². The molecule has 4 nitrogen and oxygen atoms in total. The molecule has 0 aliphatic heterocycles. The van der Waals surface area contributed by atoms with Crippen LogP contribution in [-0.2, 0) is 13.1 Å². The Bertz CT molecular complexity index is 509. The molecule has 2 N–H and O–H groups in total. The van der Waals surface area contributed by atoms with Crippen LogP contribution >= 0.6 is 11.3 Å². The molecule has 1 heterocycles. The Morgan fingerprint density at radius 2 is 1.79 bits per heavy atom. The normalized spacial score (nSPS) is 9.95. The van der Waals surface area contributed by atoms with Gasteiger partial charge in [-0.2, -0.15) is 11.3 Å². The number of amides is 2. The quantitative estimate of drug-likeness (QED) is 0.882. The second-order valence-corrected chi connectivity index (χ2v) is 4.80. The zero-order chi connectivity index (χ0) is 13.5. The molecule has 0 aliphatic carbocycles. The van der Waals surface area contributed by atoms with Crippen molar-refractivity contribution in [2.24, 2.45) is 0 Å². The van der Waals surface area contributed by atoms with Gasteiger partial charge in [0.1, 0.15) is 5.75 Å². The van der Waals surface area contributed by atoms with Gasteiger partial charge in [0.05, 0.1) is 7.11 Å². The van der Waals surface area contributed by atoms with Gasteiger partial charge in [0.15, 0.2) is 0 Å². The van der Waals surface area contributed by atoms with Gasteiger partial charge >= 0.3 is 6.03 Å². The predicted molar refractivity (Wildman–Crippen MR) is 76.4 cm³/mol. The highest BCUT2D eigenvalue weighted by atomic mass is 32.1. The van der Waals surface area contributed by atoms with E-state index in [9.17, 15) is 4.79 Å². The summed E-state index contributed by atoms with van der Waals surface area (Å²) in [6, 6.07) is 9.44. The van der Waals surface area contributed by atoms with E-state index in [0.717, 1.165) is 16.9 Å². The van der Waals surface area contributed by atoms with Crippen LogP contribution < -0.4 is 15.4 Å². The van der Waals surface area contributed by atoms with Gasteiger partial charge in [-0.25, -0.2) is 4.79 Å². The molecule has 2 aromatic rings. The Kier molecular flexibility index (Phi) is 4.80. The first-order chi connectivity index (χ1) is 9.28. The Balaban J connectivity index is 1.73. The van der Waals surface area contributed by atoms with E-state index in [1.165, 1.54) is 0 Å². The van der Waals surface area contributed by atoms with Crippen LogP contribution in [0, 0.1) is 0 Å². The number of carbonyl (C=O) groups excluding carboxylic acids is 1. The Hall–Kier alpha value is -2.01. The van der Waals surface area contributed by atoms with Crippen LogP contribution in [0.2, 0.25) is 0 Å². The average Bonchev–Trinajstić information content (AvgIpc) is 2.96. The molecule has 0 spiro atoms. The number of ether oxygens (including phenoxy) is 1. The summed E-state index contributed by atoms with van der Waals surface area (Å²) in [4.78, 5) is 11.6. The summed E-state index contributed by atoms with van der Waals surface area (Å²) < 4.78 is 5.08. The number of carbonyl (C=O) groups is 1. The van der Waals surface area contributed by atoms with Crippen LogP contribution in [0.25, 0.3) is 0 Å². The third-order valence-corrected chi connectivity index (χ3v) is 3.38. The molecule has 5 heteroatoms. The lowest BCUT2D eigenvalue weighted by molar-refractivity contribution is 0.240. The number of methoxy groups -OCH3 is 1. The largest absolute Gasteiger partial charge is 0.497 e. The lowest BCUT2D eigenvalue weighted by Gasteiger charge is -2.07. The van der Waals surface area contributed by atoms with Gasteiger partial charge in [-0.3, -0.25) is 0 Å². The number of urea groups is 1. The number of hydrogen-bond acceptors (Lipinski definition) is 3. The summed E-state index contributed by atoms with van der Waals surface area (Å²) in [6.45, 7) is 1.05. The number of nitrogens with one attached hydrogen (secondary N) is 2. The minimum atomic E-state index is -0.165. The van der Waals surface area contributed by atoms with Gasteiger partial charge in [0, 0.05) is 13.1 Å². The van der Waals surface area contributed by atoms with Crippen LogP contribution in [0.3, 0.4) is 0 Å². The van der Waals surface area contributed by atoms with Crippen LogP contribution in [0.15, 0.2) is 41.1 Å². The molecule has 0 saturated heterocycles. The minimum Gasteiger partial charge on any atom is -0.497 e. The summed E-state index contributed by atoms with van der Waals surface area (Å²) in [5, 5.41) is 9.63. The molecule has 0 radical (unpaired) electrons. The molecule has 2 amide bonds. The first kappa shape index (κ1) is 13.4. The summed E-state index contributed by atoms with van der Waals surface area (Å²) in [6.07, 6.45) is 0. The van der Waals surface area contributed by atoms with Crippen molar-refractivity contribution in [3.63, 3.8) is 0 Å². The molecule has 0 unspecified atom stereocenters. The molecule has 0 atom stereocenters. The van der Waals surface area contributed by atoms with Crippen molar-refractivity contribution >= 4 is 17.4 Å². The van der Waals surface area contributed by atoms with E-state index in [-0.39, 0.29) is 6.03 Å². The van der Waals surface area contributed by atoms with Gasteiger partial charge in [-0.05, 0) is 40.1 Å². The summed E-state index contributed by atoms with van der Waals surface area (Å²) in [7, 11) is 1.63. The van der Waals surface area contributed by atoms with E-state index in [1.54, 1.807) is 18.4 Å². The lowest BCUT2D eigenvalue weighted by atomic mass is 10.2. The Morgan fingerprint density at radius 3 is 2.37 bits per heavy atom. The fourth-order valence-electron chi connectivity index (χ4n) is 1.56. The maximum Gasteiger partial charge on any atom is 0.315 e. The van der Waals surface area contributed by atoms with Crippen molar-refractivity contribution < 1.29 is 9.53 Å². The van der Waals surface area contributed by atoms with Gasteiger partial charge in [0.25, 0.3) is 0 Å².